The summed E-state index contributed by atoms with van der Waals surface area (Å²) in [6.45, 7) is 8.92. The van der Waals surface area contributed by atoms with Gasteiger partial charge in [-0.2, -0.15) is 0 Å². The second-order valence-corrected chi connectivity index (χ2v) is 4.28. The van der Waals surface area contributed by atoms with Crippen molar-refractivity contribution in [1.29, 1.82) is 0 Å². The first kappa shape index (κ1) is 12.4. The third-order valence-electron chi connectivity index (χ3n) is 1.92. The number of rotatable bonds is 4. The molecule has 13 heavy (non-hydrogen) atoms. The van der Waals surface area contributed by atoms with Crippen LogP contribution < -0.4 is 5.73 Å². The molecule has 0 saturated carbocycles. The zero-order valence-corrected chi connectivity index (χ0v) is 9.42. The first-order valence-corrected chi connectivity index (χ1v) is 4.74. The first-order valence-electron chi connectivity index (χ1n) is 4.74. The van der Waals surface area contributed by atoms with E-state index in [-0.39, 0.29) is 11.5 Å². The quantitative estimate of drug-likeness (QED) is 0.537. The van der Waals surface area contributed by atoms with Crippen LogP contribution in [0.4, 0.5) is 0 Å². The molecule has 0 saturated heterocycles. The molecule has 0 aliphatic carbocycles. The lowest BCUT2D eigenvalue weighted by Crippen LogP contribution is -2.31. The Kier molecular flexibility index (Phi) is 4.99. The Morgan fingerprint density at radius 2 is 2.00 bits per heavy atom. The van der Waals surface area contributed by atoms with Gasteiger partial charge in [0.15, 0.2) is 0 Å². The van der Waals surface area contributed by atoms with Crippen molar-refractivity contribution in [2.75, 3.05) is 13.7 Å². The predicted octanol–water partition coefficient (Wildman–Crippen LogP) is 1.81. The SMILES string of the molecule is CCC(COC)N=C(N)C(C)(C)C. The molecule has 0 fully saturated rings. The molecule has 0 aromatic carbocycles. The van der Waals surface area contributed by atoms with E-state index < -0.39 is 0 Å². The summed E-state index contributed by atoms with van der Waals surface area (Å²) >= 11 is 0. The van der Waals surface area contributed by atoms with Crippen LogP contribution in [0.5, 0.6) is 0 Å². The average Bonchev–Trinajstić information content (AvgIpc) is 2.01. The lowest BCUT2D eigenvalue weighted by molar-refractivity contribution is 0.179. The van der Waals surface area contributed by atoms with E-state index in [1.54, 1.807) is 7.11 Å². The lowest BCUT2D eigenvalue weighted by atomic mass is 9.95. The number of hydrogen-bond donors (Lipinski definition) is 1. The summed E-state index contributed by atoms with van der Waals surface area (Å²) in [6, 6.07) is 0.198. The number of hydrogen-bond acceptors (Lipinski definition) is 2. The maximum absolute atomic E-state index is 5.85. The Morgan fingerprint density at radius 1 is 1.46 bits per heavy atom. The molecule has 0 aliphatic heterocycles. The van der Waals surface area contributed by atoms with Crippen LogP contribution in [0, 0.1) is 5.41 Å². The number of aliphatic imine (C=N–C) groups is 1. The van der Waals surface area contributed by atoms with E-state index in [2.05, 4.69) is 32.7 Å². The van der Waals surface area contributed by atoms with Gasteiger partial charge >= 0.3 is 0 Å². The highest BCUT2D eigenvalue weighted by molar-refractivity contribution is 5.85. The second kappa shape index (κ2) is 5.22. The van der Waals surface area contributed by atoms with Crippen LogP contribution in [0.2, 0.25) is 0 Å². The molecule has 78 valence electrons. The van der Waals surface area contributed by atoms with Crippen molar-refractivity contribution in [1.82, 2.24) is 0 Å². The molecule has 0 amide bonds. The molecular formula is C10H22N2O. The Labute approximate surface area is 81.4 Å². The molecule has 0 aliphatic rings. The van der Waals surface area contributed by atoms with E-state index >= 15 is 0 Å². The molecule has 0 radical (unpaired) electrons. The summed E-state index contributed by atoms with van der Waals surface area (Å²) < 4.78 is 5.05. The van der Waals surface area contributed by atoms with Crippen molar-refractivity contribution >= 4 is 5.84 Å². The van der Waals surface area contributed by atoms with Crippen LogP contribution in [-0.2, 0) is 4.74 Å². The molecule has 1 atom stereocenters. The molecule has 0 heterocycles. The summed E-state index contributed by atoms with van der Waals surface area (Å²) in [4.78, 5) is 4.43. The van der Waals surface area contributed by atoms with Gasteiger partial charge in [-0.15, -0.1) is 0 Å². The minimum Gasteiger partial charge on any atom is -0.387 e. The number of ether oxygens (including phenoxy) is 1. The highest BCUT2D eigenvalue weighted by Crippen LogP contribution is 2.14. The van der Waals surface area contributed by atoms with E-state index in [4.69, 9.17) is 10.5 Å². The van der Waals surface area contributed by atoms with Crippen molar-refractivity contribution in [3.63, 3.8) is 0 Å². The van der Waals surface area contributed by atoms with Crippen LogP contribution >= 0.6 is 0 Å². The van der Waals surface area contributed by atoms with Gasteiger partial charge in [0.1, 0.15) is 0 Å². The van der Waals surface area contributed by atoms with Crippen LogP contribution in [0.15, 0.2) is 4.99 Å². The van der Waals surface area contributed by atoms with Crippen molar-refractivity contribution < 1.29 is 4.74 Å². The smallest absolute Gasteiger partial charge is 0.0995 e. The topological polar surface area (TPSA) is 47.6 Å². The third-order valence-corrected chi connectivity index (χ3v) is 1.92. The third kappa shape index (κ3) is 4.88. The predicted molar refractivity (Wildman–Crippen MR) is 57.0 cm³/mol. The average molecular weight is 186 g/mol. The summed E-state index contributed by atoms with van der Waals surface area (Å²) in [6.07, 6.45) is 0.963. The van der Waals surface area contributed by atoms with Gasteiger partial charge in [0.2, 0.25) is 0 Å². The molecule has 0 aromatic rings. The highest BCUT2D eigenvalue weighted by atomic mass is 16.5. The van der Waals surface area contributed by atoms with Gasteiger partial charge in [-0.25, -0.2) is 0 Å². The summed E-state index contributed by atoms with van der Waals surface area (Å²) in [7, 11) is 1.69. The van der Waals surface area contributed by atoms with E-state index in [0.29, 0.717) is 12.4 Å². The molecule has 1 unspecified atom stereocenters. The molecule has 3 heteroatoms. The Balaban J connectivity index is 4.33. The van der Waals surface area contributed by atoms with Crippen molar-refractivity contribution in [3.05, 3.63) is 0 Å². The van der Waals surface area contributed by atoms with Gasteiger partial charge in [-0.1, -0.05) is 27.7 Å². The van der Waals surface area contributed by atoms with Crippen molar-refractivity contribution in [3.8, 4) is 0 Å². The number of nitrogens with zero attached hydrogens (tertiary/aromatic N) is 1. The zero-order chi connectivity index (χ0) is 10.5. The second-order valence-electron chi connectivity index (χ2n) is 4.28. The van der Waals surface area contributed by atoms with Gasteiger partial charge in [0, 0.05) is 12.5 Å². The van der Waals surface area contributed by atoms with Crippen LogP contribution in [0.1, 0.15) is 34.1 Å². The summed E-state index contributed by atoms with van der Waals surface area (Å²) in [5, 5.41) is 0. The fourth-order valence-corrected chi connectivity index (χ4v) is 0.829. The molecule has 2 N–H and O–H groups in total. The highest BCUT2D eigenvalue weighted by Gasteiger charge is 2.16. The summed E-state index contributed by atoms with van der Waals surface area (Å²) in [5.74, 6) is 0.705. The largest absolute Gasteiger partial charge is 0.387 e. The Hall–Kier alpha value is -0.570. The van der Waals surface area contributed by atoms with Gasteiger partial charge in [0.25, 0.3) is 0 Å². The van der Waals surface area contributed by atoms with E-state index in [0.717, 1.165) is 6.42 Å². The first-order chi connectivity index (χ1) is 5.91. The molecule has 0 bridgehead atoms. The minimum atomic E-state index is -0.0405. The lowest BCUT2D eigenvalue weighted by Gasteiger charge is -2.20. The fourth-order valence-electron chi connectivity index (χ4n) is 0.829. The minimum absolute atomic E-state index is 0.0405. The molecular weight excluding hydrogens is 164 g/mol. The Morgan fingerprint density at radius 3 is 2.31 bits per heavy atom. The van der Waals surface area contributed by atoms with Crippen LogP contribution in [0.25, 0.3) is 0 Å². The van der Waals surface area contributed by atoms with Gasteiger partial charge in [-0.05, 0) is 6.42 Å². The van der Waals surface area contributed by atoms with Gasteiger partial charge in [-0.3, -0.25) is 4.99 Å². The van der Waals surface area contributed by atoms with Gasteiger partial charge in [0.05, 0.1) is 18.5 Å². The van der Waals surface area contributed by atoms with E-state index in [1.165, 1.54) is 0 Å². The zero-order valence-electron chi connectivity index (χ0n) is 9.42. The number of methoxy groups -OCH3 is 1. The summed E-state index contributed by atoms with van der Waals surface area (Å²) in [5.41, 5.74) is 5.81. The van der Waals surface area contributed by atoms with E-state index in [1.807, 2.05) is 0 Å². The maximum Gasteiger partial charge on any atom is 0.0995 e. The molecule has 3 nitrogen and oxygen atoms in total. The van der Waals surface area contributed by atoms with Crippen LogP contribution in [0.3, 0.4) is 0 Å². The standard InChI is InChI=1S/C10H22N2O/c1-6-8(7-13-5)12-9(11)10(2,3)4/h8H,6-7H2,1-5H3,(H2,11,12). The maximum atomic E-state index is 5.85. The van der Waals surface area contributed by atoms with Crippen molar-refractivity contribution in [2.45, 2.75) is 40.2 Å². The van der Waals surface area contributed by atoms with Crippen molar-refractivity contribution in [2.24, 2.45) is 16.1 Å². The monoisotopic (exact) mass is 186 g/mol. The molecule has 0 aromatic heterocycles. The Bertz CT molecular complexity index is 170. The molecule has 0 spiro atoms. The number of amidine groups is 1. The van der Waals surface area contributed by atoms with Crippen LogP contribution in [-0.4, -0.2) is 25.6 Å². The fraction of sp³-hybridized carbons (Fsp3) is 0.900. The normalized spacial score (nSPS) is 15.9. The van der Waals surface area contributed by atoms with Gasteiger partial charge < -0.3 is 10.5 Å². The van der Waals surface area contributed by atoms with E-state index in [9.17, 15) is 0 Å². The molecule has 0 rings (SSSR count). The number of nitrogens with two attached hydrogens (primary N) is 1.